The van der Waals surface area contributed by atoms with Gasteiger partial charge in [0.25, 0.3) is 0 Å². The average molecular weight is 224 g/mol. The molecule has 3 nitrogen and oxygen atoms in total. The van der Waals surface area contributed by atoms with E-state index in [9.17, 15) is 0 Å². The van der Waals surface area contributed by atoms with E-state index in [1.807, 2.05) is 7.11 Å². The second kappa shape index (κ2) is 4.63. The van der Waals surface area contributed by atoms with Crippen LogP contribution in [0.15, 0.2) is 0 Å². The lowest BCUT2D eigenvalue weighted by molar-refractivity contribution is 0.0325. The van der Waals surface area contributed by atoms with Gasteiger partial charge in [-0.2, -0.15) is 0 Å². The maximum atomic E-state index is 5.53. The number of methoxy groups -OCH3 is 1. The van der Waals surface area contributed by atoms with E-state index >= 15 is 0 Å². The standard InChI is InChI=1S/C13H24N2O/c1-16-12-4-2-3-11(7-12)15-8-10-5-6-14-13(10)9-15/h10-14H,2-9H2,1H3/t10-,11?,12?,13+/m0/s1. The third-order valence-electron chi connectivity index (χ3n) is 4.84. The predicted octanol–water partition coefficient (Wildman–Crippen LogP) is 1.24. The summed E-state index contributed by atoms with van der Waals surface area (Å²) >= 11 is 0. The first kappa shape index (κ1) is 11.0. The smallest absolute Gasteiger partial charge is 0.0586 e. The Kier molecular flexibility index (Phi) is 3.18. The molecule has 3 heteroatoms. The molecule has 2 saturated heterocycles. The molecule has 0 aromatic rings. The molecule has 4 atom stereocenters. The summed E-state index contributed by atoms with van der Waals surface area (Å²) in [4.78, 5) is 2.73. The van der Waals surface area contributed by atoms with Gasteiger partial charge in [0.1, 0.15) is 0 Å². The molecule has 3 aliphatic rings. The Morgan fingerprint density at radius 2 is 2.12 bits per heavy atom. The number of nitrogens with one attached hydrogen (secondary N) is 1. The van der Waals surface area contributed by atoms with E-state index < -0.39 is 0 Å². The summed E-state index contributed by atoms with van der Waals surface area (Å²) in [6.45, 7) is 3.86. The molecule has 0 aromatic carbocycles. The monoisotopic (exact) mass is 224 g/mol. The minimum Gasteiger partial charge on any atom is -0.381 e. The molecule has 1 saturated carbocycles. The fourth-order valence-electron chi connectivity index (χ4n) is 3.85. The van der Waals surface area contributed by atoms with Crippen molar-refractivity contribution < 1.29 is 4.74 Å². The molecule has 3 rings (SSSR count). The van der Waals surface area contributed by atoms with Gasteiger partial charge in [0, 0.05) is 32.3 Å². The van der Waals surface area contributed by atoms with Crippen molar-refractivity contribution in [2.75, 3.05) is 26.7 Å². The average Bonchev–Trinajstić information content (AvgIpc) is 2.89. The molecular formula is C13H24N2O. The minimum absolute atomic E-state index is 0.521. The van der Waals surface area contributed by atoms with E-state index in [-0.39, 0.29) is 0 Å². The lowest BCUT2D eigenvalue weighted by Crippen LogP contribution is -2.41. The van der Waals surface area contributed by atoms with E-state index in [1.54, 1.807) is 0 Å². The highest BCUT2D eigenvalue weighted by Gasteiger charge is 2.39. The molecule has 0 spiro atoms. The van der Waals surface area contributed by atoms with Crippen LogP contribution in [0.2, 0.25) is 0 Å². The van der Waals surface area contributed by atoms with E-state index in [0.717, 1.165) is 18.0 Å². The molecule has 16 heavy (non-hydrogen) atoms. The van der Waals surface area contributed by atoms with E-state index in [0.29, 0.717) is 6.10 Å². The van der Waals surface area contributed by atoms with Crippen LogP contribution in [-0.4, -0.2) is 49.8 Å². The minimum atomic E-state index is 0.521. The Labute approximate surface area is 98.5 Å². The van der Waals surface area contributed by atoms with E-state index in [4.69, 9.17) is 4.74 Å². The van der Waals surface area contributed by atoms with Gasteiger partial charge in [-0.25, -0.2) is 0 Å². The molecule has 0 bridgehead atoms. The van der Waals surface area contributed by atoms with Crippen LogP contribution >= 0.6 is 0 Å². The summed E-state index contributed by atoms with van der Waals surface area (Å²) in [7, 11) is 1.87. The Morgan fingerprint density at radius 3 is 2.94 bits per heavy atom. The van der Waals surface area contributed by atoms with E-state index in [1.165, 1.54) is 51.7 Å². The van der Waals surface area contributed by atoms with Crippen LogP contribution < -0.4 is 5.32 Å². The first-order valence-electron chi connectivity index (χ1n) is 6.87. The molecule has 2 unspecified atom stereocenters. The Hall–Kier alpha value is -0.120. The molecule has 2 aliphatic heterocycles. The second-order valence-corrected chi connectivity index (χ2v) is 5.74. The van der Waals surface area contributed by atoms with Gasteiger partial charge in [-0.15, -0.1) is 0 Å². The van der Waals surface area contributed by atoms with Crippen LogP contribution in [-0.2, 0) is 4.74 Å². The Balaban J connectivity index is 1.57. The van der Waals surface area contributed by atoms with Crippen LogP contribution in [0.4, 0.5) is 0 Å². The number of likely N-dealkylation sites (tertiary alicyclic amines) is 1. The van der Waals surface area contributed by atoms with Crippen molar-refractivity contribution in [3.63, 3.8) is 0 Å². The highest BCUT2D eigenvalue weighted by atomic mass is 16.5. The van der Waals surface area contributed by atoms with Gasteiger partial charge in [-0.1, -0.05) is 0 Å². The van der Waals surface area contributed by atoms with Gasteiger partial charge in [0.15, 0.2) is 0 Å². The number of hydrogen-bond acceptors (Lipinski definition) is 3. The normalized spacial score (nSPS) is 44.8. The molecule has 92 valence electrons. The number of ether oxygens (including phenoxy) is 1. The molecular weight excluding hydrogens is 200 g/mol. The SMILES string of the molecule is COC1CCCC(N2C[C@@H]3CCN[C@@H]3C2)C1. The maximum absolute atomic E-state index is 5.53. The van der Waals surface area contributed by atoms with E-state index in [2.05, 4.69) is 10.2 Å². The number of rotatable bonds is 2. The summed E-state index contributed by atoms with van der Waals surface area (Å²) in [6, 6.07) is 1.59. The summed E-state index contributed by atoms with van der Waals surface area (Å²) < 4.78 is 5.53. The zero-order valence-electron chi connectivity index (χ0n) is 10.3. The fourth-order valence-corrected chi connectivity index (χ4v) is 3.85. The molecule has 1 N–H and O–H groups in total. The number of fused-ring (bicyclic) bond motifs is 1. The lowest BCUT2D eigenvalue weighted by Gasteiger charge is -2.35. The van der Waals surface area contributed by atoms with Gasteiger partial charge in [0.2, 0.25) is 0 Å². The number of hydrogen-bond donors (Lipinski definition) is 1. The van der Waals surface area contributed by atoms with Crippen molar-refractivity contribution in [2.45, 2.75) is 50.3 Å². The van der Waals surface area contributed by atoms with Crippen molar-refractivity contribution in [3.05, 3.63) is 0 Å². The molecule has 1 aliphatic carbocycles. The summed E-state index contributed by atoms with van der Waals surface area (Å²) in [6.07, 6.45) is 7.18. The zero-order valence-corrected chi connectivity index (χ0v) is 10.3. The van der Waals surface area contributed by atoms with Crippen LogP contribution in [0.25, 0.3) is 0 Å². The van der Waals surface area contributed by atoms with Crippen molar-refractivity contribution >= 4 is 0 Å². The van der Waals surface area contributed by atoms with Gasteiger partial charge in [0.05, 0.1) is 6.10 Å². The van der Waals surface area contributed by atoms with Gasteiger partial charge < -0.3 is 10.1 Å². The summed E-state index contributed by atoms with van der Waals surface area (Å²) in [5.74, 6) is 0.933. The Bertz CT molecular complexity index is 231. The summed E-state index contributed by atoms with van der Waals surface area (Å²) in [5, 5.41) is 3.64. The first-order valence-corrected chi connectivity index (χ1v) is 6.87. The van der Waals surface area contributed by atoms with Gasteiger partial charge >= 0.3 is 0 Å². The molecule has 3 fully saturated rings. The first-order chi connectivity index (χ1) is 7.86. The van der Waals surface area contributed by atoms with Crippen molar-refractivity contribution in [3.8, 4) is 0 Å². The molecule has 0 amide bonds. The fraction of sp³-hybridized carbons (Fsp3) is 1.00. The van der Waals surface area contributed by atoms with Gasteiger partial charge in [-0.3, -0.25) is 4.90 Å². The van der Waals surface area contributed by atoms with Gasteiger partial charge in [-0.05, 0) is 44.6 Å². The zero-order chi connectivity index (χ0) is 11.0. The molecule has 0 aromatic heterocycles. The van der Waals surface area contributed by atoms with Crippen molar-refractivity contribution in [1.29, 1.82) is 0 Å². The highest BCUT2D eigenvalue weighted by Crippen LogP contribution is 2.31. The quantitative estimate of drug-likeness (QED) is 0.764. The third kappa shape index (κ3) is 2.01. The maximum Gasteiger partial charge on any atom is 0.0586 e. The Morgan fingerprint density at radius 1 is 1.19 bits per heavy atom. The van der Waals surface area contributed by atoms with Crippen LogP contribution in [0, 0.1) is 5.92 Å². The highest BCUT2D eigenvalue weighted by molar-refractivity contribution is 4.97. The van der Waals surface area contributed by atoms with Crippen LogP contribution in [0.1, 0.15) is 32.1 Å². The largest absolute Gasteiger partial charge is 0.381 e. The lowest BCUT2D eigenvalue weighted by atomic mass is 9.92. The van der Waals surface area contributed by atoms with Crippen LogP contribution in [0.5, 0.6) is 0 Å². The molecule has 2 heterocycles. The third-order valence-corrected chi connectivity index (χ3v) is 4.84. The molecule has 0 radical (unpaired) electrons. The predicted molar refractivity (Wildman–Crippen MR) is 64.5 cm³/mol. The summed E-state index contributed by atoms with van der Waals surface area (Å²) in [5.41, 5.74) is 0. The second-order valence-electron chi connectivity index (χ2n) is 5.74. The van der Waals surface area contributed by atoms with Crippen molar-refractivity contribution in [2.24, 2.45) is 5.92 Å². The van der Waals surface area contributed by atoms with Crippen molar-refractivity contribution in [1.82, 2.24) is 10.2 Å². The number of nitrogens with zero attached hydrogens (tertiary/aromatic N) is 1. The van der Waals surface area contributed by atoms with Crippen LogP contribution in [0.3, 0.4) is 0 Å². The topological polar surface area (TPSA) is 24.5 Å².